The van der Waals surface area contributed by atoms with Gasteiger partial charge in [0.05, 0.1) is 15.5 Å². The minimum absolute atomic E-state index is 0.0303. The van der Waals surface area contributed by atoms with Crippen LogP contribution in [-0.4, -0.2) is 39.6 Å². The topological polar surface area (TPSA) is 117 Å². The highest BCUT2D eigenvalue weighted by Gasteiger charge is 2.36. The zero-order valence-corrected chi connectivity index (χ0v) is 19.3. The van der Waals surface area contributed by atoms with E-state index in [1.54, 1.807) is 36.4 Å². The van der Waals surface area contributed by atoms with E-state index in [0.29, 0.717) is 34.5 Å². The molecule has 0 saturated carbocycles. The number of hydrogen-bond donors (Lipinski definition) is 2. The number of hydrogen-bond acceptors (Lipinski definition) is 6. The van der Waals surface area contributed by atoms with E-state index in [0.717, 1.165) is 10.5 Å². The summed E-state index contributed by atoms with van der Waals surface area (Å²) in [4.78, 5) is 49.5. The van der Waals surface area contributed by atoms with Gasteiger partial charge >= 0.3 is 5.97 Å². The average Bonchev–Trinajstić information content (AvgIpc) is 3.34. The van der Waals surface area contributed by atoms with Crippen LogP contribution >= 0.6 is 23.4 Å². The van der Waals surface area contributed by atoms with E-state index < -0.39 is 29.6 Å². The molecule has 1 aliphatic rings. The summed E-state index contributed by atoms with van der Waals surface area (Å²) >= 11 is 6.72. The molecule has 8 nitrogen and oxygen atoms in total. The number of benzene rings is 2. The van der Waals surface area contributed by atoms with Crippen molar-refractivity contribution in [3.63, 3.8) is 0 Å². The SMILES string of the molecule is Cc1cccc(NC(=O)CN2C(=O)S/C(=C/c3ccc(-c4ccc(C(=O)O)c(Cl)c4)o3)C2=O)c1. The third-order valence-electron chi connectivity index (χ3n) is 4.86. The molecule has 0 unspecified atom stereocenters. The van der Waals surface area contributed by atoms with E-state index in [9.17, 15) is 19.2 Å². The molecule has 34 heavy (non-hydrogen) atoms. The van der Waals surface area contributed by atoms with Crippen LogP contribution in [0.3, 0.4) is 0 Å². The molecule has 1 aromatic heterocycles. The maximum atomic E-state index is 12.7. The summed E-state index contributed by atoms with van der Waals surface area (Å²) in [6.07, 6.45) is 1.42. The van der Waals surface area contributed by atoms with Crippen LogP contribution in [0.15, 0.2) is 63.9 Å². The first-order valence-electron chi connectivity index (χ1n) is 9.96. The fraction of sp³-hybridized carbons (Fsp3) is 0.0833. The molecule has 1 saturated heterocycles. The quantitative estimate of drug-likeness (QED) is 0.446. The van der Waals surface area contributed by atoms with Crippen molar-refractivity contribution in [1.82, 2.24) is 4.90 Å². The Labute approximate surface area is 203 Å². The van der Waals surface area contributed by atoms with E-state index in [1.807, 2.05) is 13.0 Å². The summed E-state index contributed by atoms with van der Waals surface area (Å²) in [6.45, 7) is 1.48. The number of aryl methyl sites for hydroxylation is 1. The van der Waals surface area contributed by atoms with Crippen molar-refractivity contribution in [2.75, 3.05) is 11.9 Å². The molecule has 1 aliphatic heterocycles. The highest BCUT2D eigenvalue weighted by molar-refractivity contribution is 8.18. The van der Waals surface area contributed by atoms with Gasteiger partial charge in [-0.05, 0) is 60.6 Å². The Balaban J connectivity index is 1.46. The van der Waals surface area contributed by atoms with Crippen LogP contribution in [0.1, 0.15) is 21.7 Å². The number of carbonyl (C=O) groups is 4. The monoisotopic (exact) mass is 496 g/mol. The number of amides is 3. The fourth-order valence-electron chi connectivity index (χ4n) is 3.26. The number of anilines is 1. The normalized spacial score (nSPS) is 14.6. The van der Waals surface area contributed by atoms with Gasteiger partial charge in [0, 0.05) is 17.3 Å². The summed E-state index contributed by atoms with van der Waals surface area (Å²) in [7, 11) is 0. The van der Waals surface area contributed by atoms with Gasteiger partial charge in [-0.3, -0.25) is 19.3 Å². The van der Waals surface area contributed by atoms with Gasteiger partial charge in [-0.1, -0.05) is 29.8 Å². The Kier molecular flexibility index (Phi) is 6.58. The number of nitrogens with zero attached hydrogens (tertiary/aromatic N) is 1. The maximum absolute atomic E-state index is 12.7. The summed E-state index contributed by atoms with van der Waals surface area (Å²) in [6, 6.07) is 14.8. The zero-order chi connectivity index (χ0) is 24.4. The minimum atomic E-state index is -1.14. The molecule has 0 aliphatic carbocycles. The molecule has 0 spiro atoms. The molecule has 0 radical (unpaired) electrons. The number of carboxylic acid groups (broad SMARTS) is 1. The summed E-state index contributed by atoms with van der Waals surface area (Å²) in [5, 5.41) is 11.3. The van der Waals surface area contributed by atoms with Crippen LogP contribution < -0.4 is 5.32 Å². The van der Waals surface area contributed by atoms with Crippen LogP contribution in [0.25, 0.3) is 17.4 Å². The molecule has 2 aromatic carbocycles. The Bertz CT molecular complexity index is 1360. The van der Waals surface area contributed by atoms with Crippen molar-refractivity contribution in [2.45, 2.75) is 6.92 Å². The van der Waals surface area contributed by atoms with Gasteiger partial charge in [0.2, 0.25) is 5.91 Å². The number of imide groups is 1. The highest BCUT2D eigenvalue weighted by atomic mass is 35.5. The van der Waals surface area contributed by atoms with Crippen molar-refractivity contribution < 1.29 is 28.7 Å². The van der Waals surface area contributed by atoms with Crippen molar-refractivity contribution in [1.29, 1.82) is 0 Å². The fourth-order valence-corrected chi connectivity index (χ4v) is 4.34. The third kappa shape index (κ3) is 5.05. The number of rotatable bonds is 6. The lowest BCUT2D eigenvalue weighted by Gasteiger charge is -2.12. The maximum Gasteiger partial charge on any atom is 0.337 e. The lowest BCUT2D eigenvalue weighted by Crippen LogP contribution is -2.36. The van der Waals surface area contributed by atoms with Gasteiger partial charge in [-0.15, -0.1) is 0 Å². The Morgan fingerprint density at radius 2 is 1.94 bits per heavy atom. The summed E-state index contributed by atoms with van der Waals surface area (Å²) in [5.41, 5.74) is 2.06. The van der Waals surface area contributed by atoms with Crippen LogP contribution in [0, 0.1) is 6.92 Å². The van der Waals surface area contributed by atoms with Gasteiger partial charge in [-0.25, -0.2) is 4.79 Å². The van der Waals surface area contributed by atoms with Gasteiger partial charge in [0.25, 0.3) is 11.1 Å². The zero-order valence-electron chi connectivity index (χ0n) is 17.7. The van der Waals surface area contributed by atoms with Crippen molar-refractivity contribution in [2.24, 2.45) is 0 Å². The molecule has 10 heteroatoms. The predicted molar refractivity (Wildman–Crippen MR) is 129 cm³/mol. The lowest BCUT2D eigenvalue weighted by atomic mass is 10.1. The number of furan rings is 1. The molecule has 3 aromatic rings. The van der Waals surface area contributed by atoms with E-state index >= 15 is 0 Å². The number of nitrogens with one attached hydrogen (secondary N) is 1. The Morgan fingerprint density at radius 1 is 1.15 bits per heavy atom. The molecule has 172 valence electrons. The molecular weight excluding hydrogens is 480 g/mol. The number of halogens is 1. The van der Waals surface area contributed by atoms with Crippen molar-refractivity contribution >= 4 is 58.1 Å². The minimum Gasteiger partial charge on any atom is -0.478 e. The standard InChI is InChI=1S/C24H17ClN2O6S/c1-13-3-2-4-15(9-13)26-21(28)12-27-22(29)20(34-24(27)32)11-16-6-8-19(33-16)14-5-7-17(23(30)31)18(25)10-14/h2-11H,12H2,1H3,(H,26,28)(H,30,31)/b20-11+. The number of carbonyl (C=O) groups excluding carboxylic acids is 3. The second-order valence-corrected chi connectivity index (χ2v) is 8.79. The molecular formula is C24H17ClN2O6S. The van der Waals surface area contributed by atoms with E-state index in [1.165, 1.54) is 18.2 Å². The van der Waals surface area contributed by atoms with Crippen molar-refractivity contribution in [3.8, 4) is 11.3 Å². The molecule has 2 heterocycles. The summed E-state index contributed by atoms with van der Waals surface area (Å²) < 4.78 is 5.72. The molecule has 0 bridgehead atoms. The molecule has 2 N–H and O–H groups in total. The van der Waals surface area contributed by atoms with Gasteiger partial charge in [-0.2, -0.15) is 0 Å². The summed E-state index contributed by atoms with van der Waals surface area (Å²) in [5.74, 6) is -1.51. The lowest BCUT2D eigenvalue weighted by molar-refractivity contribution is -0.127. The van der Waals surface area contributed by atoms with E-state index in [2.05, 4.69) is 5.32 Å². The molecule has 0 atom stereocenters. The van der Waals surface area contributed by atoms with E-state index in [4.69, 9.17) is 21.1 Å². The van der Waals surface area contributed by atoms with E-state index in [-0.39, 0.29) is 15.5 Å². The number of thioether (sulfide) groups is 1. The molecule has 4 rings (SSSR count). The number of carboxylic acids is 1. The second-order valence-electron chi connectivity index (χ2n) is 7.39. The van der Waals surface area contributed by atoms with Gasteiger partial charge in [0.15, 0.2) is 0 Å². The molecule has 3 amide bonds. The Hall–Kier alpha value is -3.82. The second kappa shape index (κ2) is 9.58. The van der Waals surface area contributed by atoms with Crippen LogP contribution in [0.2, 0.25) is 5.02 Å². The van der Waals surface area contributed by atoms with Gasteiger partial charge < -0.3 is 14.8 Å². The Morgan fingerprint density at radius 3 is 2.65 bits per heavy atom. The number of aromatic carboxylic acids is 1. The smallest absolute Gasteiger partial charge is 0.337 e. The van der Waals surface area contributed by atoms with Crippen LogP contribution in [0.5, 0.6) is 0 Å². The van der Waals surface area contributed by atoms with Crippen molar-refractivity contribution in [3.05, 3.63) is 81.4 Å². The largest absolute Gasteiger partial charge is 0.478 e. The van der Waals surface area contributed by atoms with Gasteiger partial charge in [0.1, 0.15) is 18.1 Å². The first-order chi connectivity index (χ1) is 16.2. The van der Waals surface area contributed by atoms with Crippen LogP contribution in [-0.2, 0) is 9.59 Å². The first-order valence-corrected chi connectivity index (χ1v) is 11.2. The third-order valence-corrected chi connectivity index (χ3v) is 6.08. The predicted octanol–water partition coefficient (Wildman–Crippen LogP) is 5.28. The average molecular weight is 497 g/mol. The highest BCUT2D eigenvalue weighted by Crippen LogP contribution is 2.34. The van der Waals surface area contributed by atoms with Crippen LogP contribution in [0.4, 0.5) is 10.5 Å². The first kappa shape index (κ1) is 23.3. The molecule has 1 fully saturated rings.